The summed E-state index contributed by atoms with van der Waals surface area (Å²) in [6.07, 6.45) is -0.395. The van der Waals surface area contributed by atoms with Crippen molar-refractivity contribution in [3.05, 3.63) is 95.6 Å². The Bertz CT molecular complexity index is 1580. The van der Waals surface area contributed by atoms with E-state index in [2.05, 4.69) is 26.5 Å². The molecule has 1 aliphatic carbocycles. The van der Waals surface area contributed by atoms with Crippen molar-refractivity contribution in [1.82, 2.24) is 0 Å². The van der Waals surface area contributed by atoms with E-state index in [-0.39, 0.29) is 16.2 Å². The van der Waals surface area contributed by atoms with Crippen LogP contribution >= 0.6 is 0 Å². The molecule has 3 aromatic carbocycles. The van der Waals surface area contributed by atoms with E-state index >= 15 is 0 Å². The van der Waals surface area contributed by atoms with Crippen molar-refractivity contribution in [3.63, 3.8) is 0 Å². The van der Waals surface area contributed by atoms with E-state index in [0.717, 1.165) is 47.4 Å². The minimum absolute atomic E-state index is 0.166. The average molecular weight is 551 g/mol. The number of hydrogen-bond donors (Lipinski definition) is 0. The van der Waals surface area contributed by atoms with Crippen molar-refractivity contribution in [2.75, 3.05) is 11.4 Å². The molecule has 1 saturated carbocycles. The first-order chi connectivity index (χ1) is 18.3. The Hall–Kier alpha value is -3.57. The molecular weight excluding hydrogens is 521 g/mol. The molecule has 202 valence electrons. The van der Waals surface area contributed by atoms with Gasteiger partial charge in [-0.05, 0) is 95.3 Å². The molecule has 1 atom stereocenters. The lowest BCUT2D eigenvalue weighted by atomic mass is 9.80. The Labute approximate surface area is 227 Å². The van der Waals surface area contributed by atoms with E-state index < -0.39 is 27.0 Å². The van der Waals surface area contributed by atoms with E-state index in [1.165, 1.54) is 24.3 Å². The van der Waals surface area contributed by atoms with Gasteiger partial charge < -0.3 is 4.90 Å². The number of sulfone groups is 1. The lowest BCUT2D eigenvalue weighted by Gasteiger charge is -2.43. The van der Waals surface area contributed by atoms with E-state index in [4.69, 9.17) is 0 Å². The molecule has 0 amide bonds. The molecule has 3 aromatic rings. The second-order valence-electron chi connectivity index (χ2n) is 11.2. The third kappa shape index (κ3) is 5.20. The van der Waals surface area contributed by atoms with Gasteiger partial charge in [0.05, 0.1) is 22.1 Å². The summed E-state index contributed by atoms with van der Waals surface area (Å²) in [5.41, 5.74) is 3.40. The third-order valence-electron chi connectivity index (χ3n) is 7.52. The van der Waals surface area contributed by atoms with Crippen molar-refractivity contribution in [1.29, 1.82) is 5.26 Å². The summed E-state index contributed by atoms with van der Waals surface area (Å²) >= 11 is 0. The molecule has 1 fully saturated rings. The van der Waals surface area contributed by atoms with Gasteiger partial charge in [0, 0.05) is 12.2 Å². The smallest absolute Gasteiger partial charge is 0.351 e. The molecule has 1 aliphatic heterocycles. The molecule has 0 N–H and O–H groups in total. The second-order valence-corrected chi connectivity index (χ2v) is 13.2. The molecule has 39 heavy (non-hydrogen) atoms. The van der Waals surface area contributed by atoms with Gasteiger partial charge in [-0.1, -0.05) is 44.7 Å². The molecule has 4 nitrogen and oxygen atoms in total. The van der Waals surface area contributed by atoms with Gasteiger partial charge in [-0.2, -0.15) is 18.4 Å². The van der Waals surface area contributed by atoms with Crippen LogP contribution in [-0.4, -0.2) is 20.3 Å². The van der Waals surface area contributed by atoms with Gasteiger partial charge in [0.2, 0.25) is 9.84 Å². The molecule has 8 heteroatoms. The normalized spacial score (nSPS) is 17.7. The first-order valence-electron chi connectivity index (χ1n) is 12.8. The highest BCUT2D eigenvalue weighted by Gasteiger charge is 2.39. The minimum atomic E-state index is -4.40. The zero-order valence-electron chi connectivity index (χ0n) is 21.8. The van der Waals surface area contributed by atoms with Gasteiger partial charge in [0.15, 0.2) is 5.37 Å². The maximum Gasteiger partial charge on any atom is 0.416 e. The lowest BCUT2D eigenvalue weighted by Crippen LogP contribution is -2.48. The lowest BCUT2D eigenvalue weighted by molar-refractivity contribution is -0.137. The summed E-state index contributed by atoms with van der Waals surface area (Å²) in [7, 11) is -3.89. The van der Waals surface area contributed by atoms with Crippen molar-refractivity contribution in [2.24, 2.45) is 5.41 Å². The molecule has 5 rings (SSSR count). The number of alkyl halides is 3. The topological polar surface area (TPSA) is 61.2 Å². The zero-order chi connectivity index (χ0) is 28.2. The standard InChI is InChI=1S/C31H29F3N2O2S/c1-4-29(39(37,38)26-13-9-23(18-35)27(16-26)21-5-6-21)36-19-30(2,3)17-24-15-22(10-14-28(24)36)20-7-11-25(12-8-20)31(32,33)34/h4,7-16,21,29H,1,5-6,17,19H2,2-3H3. The van der Waals surface area contributed by atoms with Crippen LogP contribution in [0.2, 0.25) is 0 Å². The summed E-state index contributed by atoms with van der Waals surface area (Å²) in [4.78, 5) is 2.02. The Morgan fingerprint density at radius 3 is 2.31 bits per heavy atom. The van der Waals surface area contributed by atoms with Crippen LogP contribution in [0.1, 0.15) is 54.9 Å². The van der Waals surface area contributed by atoms with Gasteiger partial charge in [-0.3, -0.25) is 0 Å². The number of halogens is 3. The maximum absolute atomic E-state index is 14.0. The Kier molecular flexibility index (Phi) is 6.62. The highest BCUT2D eigenvalue weighted by molar-refractivity contribution is 7.92. The minimum Gasteiger partial charge on any atom is -0.351 e. The summed E-state index contributed by atoms with van der Waals surface area (Å²) in [6, 6.07) is 17.5. The molecule has 1 unspecified atom stereocenters. The predicted molar refractivity (Wildman–Crippen MR) is 146 cm³/mol. The van der Waals surface area contributed by atoms with Crippen LogP contribution in [0.4, 0.5) is 18.9 Å². The number of hydrogen-bond acceptors (Lipinski definition) is 4. The number of nitriles is 1. The highest BCUT2D eigenvalue weighted by atomic mass is 32.2. The third-order valence-corrected chi connectivity index (χ3v) is 9.51. The van der Waals surface area contributed by atoms with E-state index in [0.29, 0.717) is 24.1 Å². The maximum atomic E-state index is 14.0. The average Bonchev–Trinajstić information content (AvgIpc) is 3.72. The molecule has 1 heterocycles. The first kappa shape index (κ1) is 27.0. The molecular formula is C31H29F3N2O2S. The van der Waals surface area contributed by atoms with Gasteiger partial charge >= 0.3 is 6.18 Å². The molecule has 0 bridgehead atoms. The Balaban J connectivity index is 1.53. The van der Waals surface area contributed by atoms with Crippen LogP contribution in [0.15, 0.2) is 78.2 Å². The van der Waals surface area contributed by atoms with E-state index in [1.54, 1.807) is 12.1 Å². The van der Waals surface area contributed by atoms with Crippen LogP contribution in [0, 0.1) is 16.7 Å². The molecule has 0 radical (unpaired) electrons. The van der Waals surface area contributed by atoms with E-state index in [1.807, 2.05) is 23.1 Å². The molecule has 0 saturated heterocycles. The molecule has 0 spiro atoms. The van der Waals surface area contributed by atoms with Crippen LogP contribution in [-0.2, 0) is 22.4 Å². The highest BCUT2D eigenvalue weighted by Crippen LogP contribution is 2.44. The van der Waals surface area contributed by atoms with Gasteiger partial charge in [0.1, 0.15) is 0 Å². The van der Waals surface area contributed by atoms with Gasteiger partial charge in [-0.15, -0.1) is 0 Å². The van der Waals surface area contributed by atoms with E-state index in [9.17, 15) is 26.9 Å². The number of fused-ring (bicyclic) bond motifs is 1. The number of rotatable bonds is 6. The number of nitrogens with zero attached hydrogens (tertiary/aromatic N) is 2. The van der Waals surface area contributed by atoms with Crippen molar-refractivity contribution in [3.8, 4) is 17.2 Å². The van der Waals surface area contributed by atoms with Crippen molar-refractivity contribution < 1.29 is 21.6 Å². The van der Waals surface area contributed by atoms with Gasteiger partial charge in [-0.25, -0.2) is 8.42 Å². The molecule has 0 aromatic heterocycles. The van der Waals surface area contributed by atoms with Crippen molar-refractivity contribution >= 4 is 15.5 Å². The van der Waals surface area contributed by atoms with Crippen LogP contribution < -0.4 is 4.90 Å². The summed E-state index contributed by atoms with van der Waals surface area (Å²) < 4.78 is 67.1. The molecule has 2 aliphatic rings. The predicted octanol–water partition coefficient (Wildman–Crippen LogP) is 7.50. The van der Waals surface area contributed by atoms with Crippen LogP contribution in [0.3, 0.4) is 0 Å². The van der Waals surface area contributed by atoms with Crippen LogP contribution in [0.25, 0.3) is 11.1 Å². The monoisotopic (exact) mass is 550 g/mol. The van der Waals surface area contributed by atoms with Gasteiger partial charge in [0.25, 0.3) is 0 Å². The summed E-state index contributed by atoms with van der Waals surface area (Å²) in [5, 5.41) is 8.46. The quantitative estimate of drug-likeness (QED) is 0.298. The first-order valence-corrected chi connectivity index (χ1v) is 14.4. The summed E-state index contributed by atoms with van der Waals surface area (Å²) in [5.74, 6) is 0.218. The Morgan fingerprint density at radius 1 is 1.05 bits per heavy atom. The van der Waals surface area contributed by atoms with Crippen LogP contribution in [0.5, 0.6) is 0 Å². The SMILES string of the molecule is C=CC(N1CC(C)(C)Cc2cc(-c3ccc(C(F)(F)F)cc3)ccc21)S(=O)(=O)c1ccc(C#N)c(C2CC2)c1. The number of anilines is 1. The fourth-order valence-corrected chi connectivity index (χ4v) is 7.10. The second kappa shape index (κ2) is 9.56. The van der Waals surface area contributed by atoms with Crippen molar-refractivity contribution in [2.45, 2.75) is 55.5 Å². The zero-order valence-corrected chi connectivity index (χ0v) is 22.6. The fourth-order valence-electron chi connectivity index (χ4n) is 5.50. The Morgan fingerprint density at radius 2 is 1.72 bits per heavy atom. The largest absolute Gasteiger partial charge is 0.416 e. The summed E-state index contributed by atoms with van der Waals surface area (Å²) in [6.45, 7) is 8.48. The fraction of sp³-hybridized carbons (Fsp3) is 0.323. The number of benzene rings is 3.